The minimum atomic E-state index is -2.31. The Morgan fingerprint density at radius 2 is 1.75 bits per heavy atom. The third-order valence-electron chi connectivity index (χ3n) is 0.445. The molecular formula is C5H4F3. The lowest BCUT2D eigenvalue weighted by molar-refractivity contribution is 0.384. The average Bonchev–Trinajstić information content (AvgIpc) is 1.67. The number of hydrogen-bond donors (Lipinski definition) is 0. The Morgan fingerprint density at radius 3 is 1.88 bits per heavy atom. The van der Waals surface area contributed by atoms with Crippen LogP contribution in [-0.4, -0.2) is 0 Å². The van der Waals surface area contributed by atoms with E-state index >= 15 is 0 Å². The molecule has 0 heterocycles. The van der Waals surface area contributed by atoms with Crippen molar-refractivity contribution in [2.24, 2.45) is 0 Å². The summed E-state index contributed by atoms with van der Waals surface area (Å²) in [6.07, 6.45) is -0.769. The number of hydrogen-bond acceptors (Lipinski definition) is 0. The van der Waals surface area contributed by atoms with Gasteiger partial charge < -0.3 is 0 Å². The van der Waals surface area contributed by atoms with Gasteiger partial charge in [-0.2, -0.15) is 8.78 Å². The molecule has 0 aromatic rings. The van der Waals surface area contributed by atoms with Crippen LogP contribution < -0.4 is 0 Å². The molecule has 0 saturated carbocycles. The topological polar surface area (TPSA) is 0 Å². The molecule has 0 aliphatic rings. The van der Waals surface area contributed by atoms with Crippen LogP contribution in [0.1, 0.15) is 0 Å². The van der Waals surface area contributed by atoms with Crippen LogP contribution in [0.2, 0.25) is 0 Å². The molecule has 0 N–H and O–H groups in total. The van der Waals surface area contributed by atoms with Crippen molar-refractivity contribution in [1.29, 1.82) is 0 Å². The fourth-order valence-corrected chi connectivity index (χ4v) is 0.166. The van der Waals surface area contributed by atoms with Crippen LogP contribution in [0.25, 0.3) is 0 Å². The van der Waals surface area contributed by atoms with E-state index in [1.54, 1.807) is 0 Å². The number of allylic oxidation sites excluding steroid dienone is 2. The van der Waals surface area contributed by atoms with Crippen molar-refractivity contribution in [3.8, 4) is 0 Å². The molecule has 1 radical (unpaired) electrons. The van der Waals surface area contributed by atoms with Gasteiger partial charge in [-0.3, -0.25) is 0 Å². The van der Waals surface area contributed by atoms with Crippen LogP contribution in [0, 0.1) is 6.42 Å². The summed E-state index contributed by atoms with van der Waals surface area (Å²) in [4.78, 5) is 0. The van der Waals surface area contributed by atoms with Gasteiger partial charge in [0.2, 0.25) is 0 Å². The summed E-state index contributed by atoms with van der Waals surface area (Å²) in [5, 5.41) is 0. The SMILES string of the molecule is C=C[CH]C(F)=C(F)F. The Morgan fingerprint density at radius 1 is 1.25 bits per heavy atom. The van der Waals surface area contributed by atoms with Gasteiger partial charge in [0.25, 0.3) is 0 Å². The van der Waals surface area contributed by atoms with E-state index in [0.717, 1.165) is 6.08 Å². The number of halogens is 3. The summed E-state index contributed by atoms with van der Waals surface area (Å²) < 4.78 is 33.6. The van der Waals surface area contributed by atoms with Crippen LogP contribution >= 0.6 is 0 Å². The van der Waals surface area contributed by atoms with Gasteiger partial charge in [-0.25, -0.2) is 4.39 Å². The molecule has 0 atom stereocenters. The summed E-state index contributed by atoms with van der Waals surface area (Å²) in [7, 11) is 0. The molecule has 0 aromatic carbocycles. The van der Waals surface area contributed by atoms with E-state index in [0.29, 0.717) is 6.42 Å². The van der Waals surface area contributed by atoms with Crippen LogP contribution in [0.15, 0.2) is 24.6 Å². The second kappa shape index (κ2) is 3.29. The first kappa shape index (κ1) is 7.27. The molecule has 3 heteroatoms. The molecule has 0 fully saturated rings. The van der Waals surface area contributed by atoms with Crippen LogP contribution in [0.4, 0.5) is 13.2 Å². The predicted molar refractivity (Wildman–Crippen MR) is 24.8 cm³/mol. The zero-order valence-corrected chi connectivity index (χ0v) is 4.00. The molecular weight excluding hydrogens is 117 g/mol. The lowest BCUT2D eigenvalue weighted by Gasteiger charge is -1.83. The average molecular weight is 121 g/mol. The Hall–Kier alpha value is -0.730. The molecule has 0 aromatic heterocycles. The van der Waals surface area contributed by atoms with Crippen molar-refractivity contribution in [3.05, 3.63) is 31.0 Å². The van der Waals surface area contributed by atoms with E-state index < -0.39 is 11.9 Å². The zero-order valence-electron chi connectivity index (χ0n) is 4.00. The normalized spacial score (nSPS) is 8.38. The van der Waals surface area contributed by atoms with Crippen molar-refractivity contribution >= 4 is 0 Å². The van der Waals surface area contributed by atoms with Crippen LogP contribution in [0.5, 0.6) is 0 Å². The Balaban J connectivity index is 3.79. The van der Waals surface area contributed by atoms with E-state index in [1.807, 2.05) is 0 Å². The first-order chi connectivity index (χ1) is 3.68. The number of rotatable bonds is 2. The summed E-state index contributed by atoms with van der Waals surface area (Å²) in [5.74, 6) is -1.53. The van der Waals surface area contributed by atoms with Crippen molar-refractivity contribution in [2.75, 3.05) is 0 Å². The highest BCUT2D eigenvalue weighted by Crippen LogP contribution is 2.11. The highest BCUT2D eigenvalue weighted by Gasteiger charge is 2.00. The molecule has 0 aliphatic carbocycles. The largest absolute Gasteiger partial charge is 0.302 e. The fourth-order valence-electron chi connectivity index (χ4n) is 0.166. The van der Waals surface area contributed by atoms with Gasteiger partial charge in [0.05, 0.1) is 0 Å². The lowest BCUT2D eigenvalue weighted by atomic mass is 10.4. The van der Waals surface area contributed by atoms with Gasteiger partial charge in [0.15, 0.2) is 5.83 Å². The standard InChI is InChI=1S/C5H4F3/c1-2-3-4(6)5(7)8/h2-3H,1H2. The van der Waals surface area contributed by atoms with E-state index in [-0.39, 0.29) is 0 Å². The molecule has 0 unspecified atom stereocenters. The van der Waals surface area contributed by atoms with E-state index in [9.17, 15) is 13.2 Å². The molecule has 45 valence electrons. The zero-order chi connectivity index (χ0) is 6.57. The molecule has 0 amide bonds. The van der Waals surface area contributed by atoms with Crippen molar-refractivity contribution in [3.63, 3.8) is 0 Å². The van der Waals surface area contributed by atoms with Gasteiger partial charge in [-0.05, 0) is 0 Å². The maximum absolute atomic E-state index is 11.5. The van der Waals surface area contributed by atoms with Crippen molar-refractivity contribution in [1.82, 2.24) is 0 Å². The van der Waals surface area contributed by atoms with Gasteiger partial charge in [-0.1, -0.05) is 6.08 Å². The summed E-state index contributed by atoms with van der Waals surface area (Å²) in [6, 6.07) is 0. The Labute approximate surface area is 45.3 Å². The first-order valence-corrected chi connectivity index (χ1v) is 1.85. The minimum Gasteiger partial charge on any atom is -0.205 e. The van der Waals surface area contributed by atoms with Gasteiger partial charge in [0.1, 0.15) is 0 Å². The second-order valence-electron chi connectivity index (χ2n) is 1.01. The highest BCUT2D eigenvalue weighted by molar-refractivity contribution is 5.12. The first-order valence-electron chi connectivity index (χ1n) is 1.85. The highest BCUT2D eigenvalue weighted by atomic mass is 19.3. The van der Waals surface area contributed by atoms with Crippen molar-refractivity contribution < 1.29 is 13.2 Å². The molecule has 0 aliphatic heterocycles. The molecule has 8 heavy (non-hydrogen) atoms. The Bertz CT molecular complexity index is 111. The molecule has 0 saturated heterocycles. The van der Waals surface area contributed by atoms with Crippen LogP contribution in [0.3, 0.4) is 0 Å². The predicted octanol–water partition coefficient (Wildman–Crippen LogP) is 2.45. The summed E-state index contributed by atoms with van der Waals surface area (Å²) in [5.41, 5.74) is 0. The molecule has 0 nitrogen and oxygen atoms in total. The Kier molecular flexibility index (Phi) is 2.99. The summed E-state index contributed by atoms with van der Waals surface area (Å²) >= 11 is 0. The monoisotopic (exact) mass is 121 g/mol. The second-order valence-corrected chi connectivity index (χ2v) is 1.01. The maximum atomic E-state index is 11.5. The van der Waals surface area contributed by atoms with Gasteiger partial charge in [0, 0.05) is 6.42 Å². The van der Waals surface area contributed by atoms with Gasteiger partial charge in [-0.15, -0.1) is 6.58 Å². The van der Waals surface area contributed by atoms with E-state index in [1.165, 1.54) is 0 Å². The maximum Gasteiger partial charge on any atom is 0.302 e. The van der Waals surface area contributed by atoms with Crippen molar-refractivity contribution in [2.45, 2.75) is 0 Å². The van der Waals surface area contributed by atoms with E-state index in [4.69, 9.17) is 0 Å². The quantitative estimate of drug-likeness (QED) is 0.526. The third kappa shape index (κ3) is 2.44. The molecule has 0 rings (SSSR count). The molecule has 0 spiro atoms. The van der Waals surface area contributed by atoms with Gasteiger partial charge >= 0.3 is 6.08 Å². The summed E-state index contributed by atoms with van der Waals surface area (Å²) in [6.45, 7) is 3.02. The fraction of sp³-hybridized carbons (Fsp3) is 0. The lowest BCUT2D eigenvalue weighted by Crippen LogP contribution is -1.71. The van der Waals surface area contributed by atoms with Crippen LogP contribution in [-0.2, 0) is 0 Å². The van der Waals surface area contributed by atoms with E-state index in [2.05, 4.69) is 6.58 Å². The smallest absolute Gasteiger partial charge is 0.205 e. The third-order valence-corrected chi connectivity index (χ3v) is 0.445. The molecule has 0 bridgehead atoms. The minimum absolute atomic E-state index is 0.593.